The number of ether oxygens (including phenoxy) is 2. The van der Waals surface area contributed by atoms with Crippen molar-refractivity contribution in [2.75, 3.05) is 0 Å². The van der Waals surface area contributed by atoms with E-state index >= 15 is 0 Å². The summed E-state index contributed by atoms with van der Waals surface area (Å²) in [5.41, 5.74) is 1.22. The smallest absolute Gasteiger partial charge is 0.326 e. The van der Waals surface area contributed by atoms with Gasteiger partial charge in [-0.2, -0.15) is 0 Å². The molecular formula is C13H24O3Si. The quantitative estimate of drug-likeness (QED) is 0.706. The minimum Gasteiger partial charge on any atom is -0.447 e. The average molecular weight is 256 g/mol. The molecule has 0 aliphatic carbocycles. The Morgan fingerprint density at radius 2 is 1.94 bits per heavy atom. The SMILES string of the molecule is CC1=CO[C@]2(O[Si](C)(C)C(C)(C)C)O[C@@H](C)[C@H]12. The summed E-state index contributed by atoms with van der Waals surface area (Å²) in [5.74, 6) is -0.552. The van der Waals surface area contributed by atoms with Gasteiger partial charge in [-0.05, 0) is 37.6 Å². The van der Waals surface area contributed by atoms with Crippen LogP contribution >= 0.6 is 0 Å². The van der Waals surface area contributed by atoms with Crippen LogP contribution < -0.4 is 0 Å². The number of hydrogen-bond donors (Lipinski definition) is 0. The van der Waals surface area contributed by atoms with Gasteiger partial charge in [-0.15, -0.1) is 0 Å². The molecule has 4 heteroatoms. The minimum atomic E-state index is -1.88. The number of rotatable bonds is 2. The highest BCUT2D eigenvalue weighted by Gasteiger charge is 2.64. The summed E-state index contributed by atoms with van der Waals surface area (Å²) in [4.78, 5) is 0. The predicted octanol–water partition coefficient (Wildman–Crippen LogP) is 3.63. The summed E-state index contributed by atoms with van der Waals surface area (Å²) < 4.78 is 17.8. The van der Waals surface area contributed by atoms with Crippen molar-refractivity contribution >= 4 is 8.32 Å². The summed E-state index contributed by atoms with van der Waals surface area (Å²) in [5, 5.41) is 0.161. The molecule has 1 fully saturated rings. The third-order valence-electron chi connectivity index (χ3n) is 4.30. The van der Waals surface area contributed by atoms with Crippen molar-refractivity contribution in [2.45, 2.75) is 64.8 Å². The minimum absolute atomic E-state index is 0.161. The molecule has 17 heavy (non-hydrogen) atoms. The molecule has 3 atom stereocenters. The van der Waals surface area contributed by atoms with Crippen molar-refractivity contribution in [3.8, 4) is 0 Å². The van der Waals surface area contributed by atoms with Gasteiger partial charge < -0.3 is 13.9 Å². The maximum absolute atomic E-state index is 6.33. The molecule has 2 aliphatic rings. The molecule has 2 rings (SSSR count). The summed E-state index contributed by atoms with van der Waals surface area (Å²) in [6.45, 7) is 15.3. The Morgan fingerprint density at radius 1 is 1.35 bits per heavy atom. The summed E-state index contributed by atoms with van der Waals surface area (Å²) >= 11 is 0. The van der Waals surface area contributed by atoms with Crippen molar-refractivity contribution in [3.05, 3.63) is 11.8 Å². The lowest BCUT2D eigenvalue weighted by molar-refractivity contribution is -0.432. The highest BCUT2D eigenvalue weighted by atomic mass is 28.4. The van der Waals surface area contributed by atoms with Crippen molar-refractivity contribution in [2.24, 2.45) is 5.92 Å². The van der Waals surface area contributed by atoms with E-state index in [1.165, 1.54) is 5.57 Å². The summed E-state index contributed by atoms with van der Waals surface area (Å²) in [7, 11) is -1.88. The van der Waals surface area contributed by atoms with Crippen molar-refractivity contribution in [1.29, 1.82) is 0 Å². The Hall–Kier alpha value is -0.323. The lowest BCUT2D eigenvalue weighted by atomic mass is 9.90. The van der Waals surface area contributed by atoms with E-state index in [0.29, 0.717) is 0 Å². The molecule has 0 bridgehead atoms. The molecule has 1 saturated heterocycles. The molecule has 0 spiro atoms. The molecule has 0 aromatic carbocycles. The van der Waals surface area contributed by atoms with Gasteiger partial charge in [0, 0.05) is 0 Å². The molecule has 0 amide bonds. The van der Waals surface area contributed by atoms with Crippen LogP contribution in [0.4, 0.5) is 0 Å². The van der Waals surface area contributed by atoms with Crippen molar-refractivity contribution in [3.63, 3.8) is 0 Å². The van der Waals surface area contributed by atoms with Gasteiger partial charge in [0.2, 0.25) is 8.32 Å². The van der Waals surface area contributed by atoms with Crippen LogP contribution in [0.1, 0.15) is 34.6 Å². The first-order valence-electron chi connectivity index (χ1n) is 6.31. The van der Waals surface area contributed by atoms with E-state index in [-0.39, 0.29) is 17.1 Å². The Kier molecular flexibility index (Phi) is 2.77. The monoisotopic (exact) mass is 256 g/mol. The largest absolute Gasteiger partial charge is 0.447 e. The summed E-state index contributed by atoms with van der Waals surface area (Å²) in [6.07, 6.45) is 1.99. The zero-order chi connectivity index (χ0) is 13.1. The zero-order valence-electron chi connectivity index (χ0n) is 12.0. The Morgan fingerprint density at radius 3 is 2.41 bits per heavy atom. The van der Waals surface area contributed by atoms with Crippen LogP contribution in [-0.2, 0) is 13.9 Å². The Bertz CT molecular complexity index is 356. The number of hydrogen-bond acceptors (Lipinski definition) is 3. The molecule has 3 nitrogen and oxygen atoms in total. The molecule has 0 aromatic rings. The normalized spacial score (nSPS) is 37.0. The maximum Gasteiger partial charge on any atom is 0.326 e. The second-order valence-corrected chi connectivity index (χ2v) is 11.5. The molecule has 0 unspecified atom stereocenters. The first-order valence-corrected chi connectivity index (χ1v) is 9.22. The van der Waals surface area contributed by atoms with Crippen LogP contribution in [0.5, 0.6) is 0 Å². The Balaban J connectivity index is 2.16. The highest BCUT2D eigenvalue weighted by Crippen LogP contribution is 2.53. The molecule has 2 aliphatic heterocycles. The molecular weight excluding hydrogens is 232 g/mol. The van der Waals surface area contributed by atoms with Crippen molar-refractivity contribution in [1.82, 2.24) is 0 Å². The first-order chi connectivity index (χ1) is 7.59. The standard InChI is InChI=1S/C13H24O3Si/c1-9-8-14-13(11(9)10(2)15-13)16-17(6,7)12(3,4)5/h8,10-11H,1-7H3/t10-,11-,13-/m0/s1. The molecule has 98 valence electrons. The molecule has 0 aromatic heterocycles. The van der Waals surface area contributed by atoms with E-state index in [1.54, 1.807) is 6.26 Å². The fourth-order valence-electron chi connectivity index (χ4n) is 2.23. The zero-order valence-corrected chi connectivity index (χ0v) is 13.0. The second kappa shape index (κ2) is 3.59. The lowest BCUT2D eigenvalue weighted by Crippen LogP contribution is -2.64. The van der Waals surface area contributed by atoms with E-state index < -0.39 is 14.3 Å². The van der Waals surface area contributed by atoms with E-state index in [0.717, 1.165) is 0 Å². The topological polar surface area (TPSA) is 27.7 Å². The van der Waals surface area contributed by atoms with E-state index in [9.17, 15) is 0 Å². The van der Waals surface area contributed by atoms with E-state index in [4.69, 9.17) is 13.9 Å². The predicted molar refractivity (Wildman–Crippen MR) is 69.9 cm³/mol. The molecule has 0 radical (unpaired) electrons. The van der Waals surface area contributed by atoms with Gasteiger partial charge in [0.15, 0.2) is 0 Å². The van der Waals surface area contributed by atoms with Crippen LogP contribution in [0, 0.1) is 5.92 Å². The molecule has 2 heterocycles. The summed E-state index contributed by atoms with van der Waals surface area (Å²) in [6, 6.07) is 0. The van der Waals surface area contributed by atoms with Gasteiger partial charge in [-0.25, -0.2) is 0 Å². The second-order valence-electron chi connectivity index (χ2n) is 6.75. The van der Waals surface area contributed by atoms with Gasteiger partial charge in [0.1, 0.15) is 5.92 Å². The van der Waals surface area contributed by atoms with Gasteiger partial charge in [0.05, 0.1) is 12.4 Å². The van der Waals surface area contributed by atoms with Crippen LogP contribution in [0.3, 0.4) is 0 Å². The fraction of sp³-hybridized carbons (Fsp3) is 0.846. The highest BCUT2D eigenvalue weighted by molar-refractivity contribution is 6.74. The lowest BCUT2D eigenvalue weighted by Gasteiger charge is -2.52. The van der Waals surface area contributed by atoms with E-state index in [2.05, 4.69) is 47.7 Å². The van der Waals surface area contributed by atoms with E-state index in [1.807, 2.05) is 0 Å². The Labute approximate surface area is 105 Å². The van der Waals surface area contributed by atoms with Gasteiger partial charge in [0.25, 0.3) is 0 Å². The van der Waals surface area contributed by atoms with Crippen LogP contribution in [0.15, 0.2) is 11.8 Å². The average Bonchev–Trinajstić information content (AvgIpc) is 2.34. The fourth-order valence-corrected chi connectivity index (χ4v) is 3.48. The van der Waals surface area contributed by atoms with Crippen LogP contribution in [0.2, 0.25) is 18.1 Å². The first kappa shape index (κ1) is 13.1. The molecule has 0 N–H and O–H groups in total. The third-order valence-corrected chi connectivity index (χ3v) is 8.71. The van der Waals surface area contributed by atoms with Gasteiger partial charge in [-0.3, -0.25) is 0 Å². The van der Waals surface area contributed by atoms with Gasteiger partial charge >= 0.3 is 5.97 Å². The third kappa shape index (κ3) is 1.86. The van der Waals surface area contributed by atoms with Gasteiger partial charge in [-0.1, -0.05) is 20.8 Å². The number of fused-ring (bicyclic) bond motifs is 1. The van der Waals surface area contributed by atoms with Crippen LogP contribution in [0.25, 0.3) is 0 Å². The molecule has 0 saturated carbocycles. The van der Waals surface area contributed by atoms with Crippen molar-refractivity contribution < 1.29 is 13.9 Å². The maximum atomic E-state index is 6.33. The van der Waals surface area contributed by atoms with Crippen LogP contribution in [-0.4, -0.2) is 20.4 Å².